The molecule has 0 saturated carbocycles. The van der Waals surface area contributed by atoms with Gasteiger partial charge in [0.15, 0.2) is 0 Å². The molecule has 0 aromatic carbocycles. The van der Waals surface area contributed by atoms with Crippen LogP contribution in [0.3, 0.4) is 0 Å². The smallest absolute Gasteiger partial charge is 0 e. The van der Waals surface area contributed by atoms with Crippen LogP contribution >= 0.6 is 0 Å². The Morgan fingerprint density at radius 1 is 0.562 bits per heavy atom. The number of nitrogens with two attached hydrogens (primary N) is 1. The summed E-state index contributed by atoms with van der Waals surface area (Å²) in [5.41, 5.74) is 5.45. The van der Waals surface area contributed by atoms with Crippen LogP contribution in [0.25, 0.3) is 0 Å². The standard InChI is InChI=1S/C14H31N.Cu/c1-2-3-4-5-6-7-8-9-10-11-12-13-14-15;/h2-15H2,1H3;. The van der Waals surface area contributed by atoms with Crippen LogP contribution in [0.5, 0.6) is 0 Å². The fraction of sp³-hybridized carbons (Fsp3) is 1.00. The zero-order valence-corrected chi connectivity index (χ0v) is 12.0. The summed E-state index contributed by atoms with van der Waals surface area (Å²) in [5.74, 6) is 0. The third-order valence-electron chi connectivity index (χ3n) is 3.06. The molecule has 2 heteroatoms. The van der Waals surface area contributed by atoms with Crippen molar-refractivity contribution in [3.63, 3.8) is 0 Å². The minimum Gasteiger partial charge on any atom is -0.330 e. The van der Waals surface area contributed by atoms with E-state index in [0.29, 0.717) is 0 Å². The summed E-state index contributed by atoms with van der Waals surface area (Å²) in [6, 6.07) is 0. The Kier molecular flexibility index (Phi) is 21.0. The molecule has 0 spiro atoms. The predicted molar refractivity (Wildman–Crippen MR) is 70.1 cm³/mol. The SMILES string of the molecule is CCCCCCCCCCCCCCN.[Cu]. The second-order valence-electron chi connectivity index (χ2n) is 4.68. The van der Waals surface area contributed by atoms with Gasteiger partial charge in [0.1, 0.15) is 0 Å². The van der Waals surface area contributed by atoms with Gasteiger partial charge in [0.25, 0.3) is 0 Å². The van der Waals surface area contributed by atoms with Crippen molar-refractivity contribution in [1.82, 2.24) is 0 Å². The van der Waals surface area contributed by atoms with Gasteiger partial charge in [-0.1, -0.05) is 77.6 Å². The minimum absolute atomic E-state index is 0. The molecule has 0 rings (SSSR count). The monoisotopic (exact) mass is 276 g/mol. The minimum atomic E-state index is 0. The first kappa shape index (κ1) is 18.8. The summed E-state index contributed by atoms with van der Waals surface area (Å²) in [6.45, 7) is 3.15. The molecule has 2 N–H and O–H groups in total. The van der Waals surface area contributed by atoms with Gasteiger partial charge in [-0.2, -0.15) is 0 Å². The van der Waals surface area contributed by atoms with Crippen LogP contribution < -0.4 is 5.73 Å². The summed E-state index contributed by atoms with van der Waals surface area (Å²) in [4.78, 5) is 0. The zero-order chi connectivity index (χ0) is 11.2. The second kappa shape index (κ2) is 17.9. The van der Waals surface area contributed by atoms with Crippen molar-refractivity contribution in [3.05, 3.63) is 0 Å². The Bertz CT molecular complexity index is 94.9. The van der Waals surface area contributed by atoms with E-state index in [0.717, 1.165) is 6.54 Å². The molecule has 0 atom stereocenters. The summed E-state index contributed by atoms with van der Waals surface area (Å²) in [5, 5.41) is 0. The van der Waals surface area contributed by atoms with Crippen molar-refractivity contribution in [2.24, 2.45) is 5.73 Å². The van der Waals surface area contributed by atoms with Gasteiger partial charge in [-0.05, 0) is 13.0 Å². The van der Waals surface area contributed by atoms with Gasteiger partial charge in [-0.25, -0.2) is 0 Å². The van der Waals surface area contributed by atoms with Crippen LogP contribution in [0.1, 0.15) is 84.0 Å². The molecular weight excluding hydrogens is 246 g/mol. The van der Waals surface area contributed by atoms with Crippen LogP contribution in [0, 0.1) is 0 Å². The largest absolute Gasteiger partial charge is 0.330 e. The quantitative estimate of drug-likeness (QED) is 0.408. The molecule has 0 fully saturated rings. The first-order valence-electron chi connectivity index (χ1n) is 7.12. The van der Waals surface area contributed by atoms with Gasteiger partial charge in [-0.15, -0.1) is 0 Å². The van der Waals surface area contributed by atoms with Crippen molar-refractivity contribution >= 4 is 0 Å². The summed E-state index contributed by atoms with van der Waals surface area (Å²) in [7, 11) is 0. The molecular formula is C14H31CuN. The molecule has 1 radical (unpaired) electrons. The van der Waals surface area contributed by atoms with E-state index in [1.165, 1.54) is 77.0 Å². The van der Waals surface area contributed by atoms with Gasteiger partial charge in [0, 0.05) is 17.1 Å². The van der Waals surface area contributed by atoms with Gasteiger partial charge in [0.2, 0.25) is 0 Å². The molecule has 0 bridgehead atoms. The van der Waals surface area contributed by atoms with Crippen LogP contribution in [0.15, 0.2) is 0 Å². The fourth-order valence-electron chi connectivity index (χ4n) is 1.99. The zero-order valence-electron chi connectivity index (χ0n) is 11.1. The molecule has 0 unspecified atom stereocenters. The van der Waals surface area contributed by atoms with Gasteiger partial charge < -0.3 is 5.73 Å². The maximum atomic E-state index is 5.45. The van der Waals surface area contributed by atoms with Crippen molar-refractivity contribution < 1.29 is 17.1 Å². The van der Waals surface area contributed by atoms with Gasteiger partial charge in [0.05, 0.1) is 0 Å². The molecule has 0 aliphatic carbocycles. The van der Waals surface area contributed by atoms with Crippen molar-refractivity contribution in [2.75, 3.05) is 6.54 Å². The van der Waals surface area contributed by atoms with E-state index in [1.807, 2.05) is 0 Å². The fourth-order valence-corrected chi connectivity index (χ4v) is 1.99. The van der Waals surface area contributed by atoms with Crippen molar-refractivity contribution in [3.8, 4) is 0 Å². The molecule has 1 nitrogen and oxygen atoms in total. The average molecular weight is 277 g/mol. The van der Waals surface area contributed by atoms with Crippen LogP contribution in [0.2, 0.25) is 0 Å². The number of unbranched alkanes of at least 4 members (excludes halogenated alkanes) is 11. The van der Waals surface area contributed by atoms with Gasteiger partial charge >= 0.3 is 0 Å². The molecule has 0 amide bonds. The third kappa shape index (κ3) is 16.9. The number of rotatable bonds is 12. The van der Waals surface area contributed by atoms with Crippen LogP contribution in [-0.4, -0.2) is 6.54 Å². The van der Waals surface area contributed by atoms with Gasteiger partial charge in [-0.3, -0.25) is 0 Å². The topological polar surface area (TPSA) is 26.0 Å². The maximum absolute atomic E-state index is 5.45. The van der Waals surface area contributed by atoms with E-state index in [-0.39, 0.29) is 17.1 Å². The maximum Gasteiger partial charge on any atom is 0 e. The predicted octanol–water partition coefficient (Wildman–Crippen LogP) is 4.64. The Hall–Kier alpha value is 0.479. The van der Waals surface area contributed by atoms with E-state index in [4.69, 9.17) is 5.73 Å². The van der Waals surface area contributed by atoms with Crippen LogP contribution in [0.4, 0.5) is 0 Å². The van der Waals surface area contributed by atoms with E-state index in [1.54, 1.807) is 0 Å². The van der Waals surface area contributed by atoms with E-state index >= 15 is 0 Å². The van der Waals surface area contributed by atoms with E-state index < -0.39 is 0 Å². The molecule has 16 heavy (non-hydrogen) atoms. The Labute approximate surface area is 113 Å². The Morgan fingerprint density at radius 3 is 1.19 bits per heavy atom. The Morgan fingerprint density at radius 2 is 0.875 bits per heavy atom. The molecule has 0 aromatic heterocycles. The molecule has 0 saturated heterocycles. The third-order valence-corrected chi connectivity index (χ3v) is 3.06. The van der Waals surface area contributed by atoms with E-state index in [9.17, 15) is 0 Å². The van der Waals surface area contributed by atoms with Crippen LogP contribution in [-0.2, 0) is 17.1 Å². The van der Waals surface area contributed by atoms with Crippen molar-refractivity contribution in [2.45, 2.75) is 84.0 Å². The molecule has 0 aliphatic rings. The average Bonchev–Trinajstić information content (AvgIpc) is 2.26. The summed E-state index contributed by atoms with van der Waals surface area (Å²) >= 11 is 0. The first-order valence-corrected chi connectivity index (χ1v) is 7.12. The number of hydrogen-bond donors (Lipinski definition) is 1. The molecule has 0 aliphatic heterocycles. The normalized spacial score (nSPS) is 10.1. The molecule has 0 heterocycles. The van der Waals surface area contributed by atoms with E-state index in [2.05, 4.69) is 6.92 Å². The van der Waals surface area contributed by atoms with Crippen molar-refractivity contribution in [1.29, 1.82) is 0 Å². The second-order valence-corrected chi connectivity index (χ2v) is 4.68. The summed E-state index contributed by atoms with van der Waals surface area (Å²) < 4.78 is 0. The number of hydrogen-bond acceptors (Lipinski definition) is 1. The first-order chi connectivity index (χ1) is 7.41. The Balaban J connectivity index is 0. The summed E-state index contributed by atoms with van der Waals surface area (Å²) in [6.07, 6.45) is 16.9. The molecule has 103 valence electrons. The molecule has 0 aromatic rings.